The van der Waals surface area contributed by atoms with Gasteiger partial charge in [-0.3, -0.25) is 14.4 Å². The number of nitrogens with zero attached hydrogens (tertiary/aromatic N) is 5. The van der Waals surface area contributed by atoms with Crippen molar-refractivity contribution in [1.82, 2.24) is 14.7 Å². The minimum atomic E-state index is 0. The molecule has 11 rings (SSSR count). The van der Waals surface area contributed by atoms with Crippen LogP contribution < -0.4 is 15.1 Å². The summed E-state index contributed by atoms with van der Waals surface area (Å²) in [5, 5.41) is 3.10. The molecule has 3 saturated heterocycles. The highest BCUT2D eigenvalue weighted by molar-refractivity contribution is 5.95. The quantitative estimate of drug-likeness (QED) is 0.265. The molecule has 9 nitrogen and oxygen atoms in total. The van der Waals surface area contributed by atoms with Gasteiger partial charge in [0.1, 0.15) is 0 Å². The molecular formula is C63H94N6O3. The lowest BCUT2D eigenvalue weighted by molar-refractivity contribution is -0.119. The molecule has 3 aromatic carbocycles. The molecule has 3 amide bonds. The smallest absolute Gasteiger partial charge is 0.226 e. The van der Waals surface area contributed by atoms with Crippen molar-refractivity contribution in [2.24, 2.45) is 23.2 Å². The van der Waals surface area contributed by atoms with Gasteiger partial charge in [0.15, 0.2) is 0 Å². The summed E-state index contributed by atoms with van der Waals surface area (Å²) in [7, 11) is 1.95. The monoisotopic (exact) mass is 983 g/mol. The first-order valence-electron chi connectivity index (χ1n) is 28.9. The van der Waals surface area contributed by atoms with Gasteiger partial charge in [0.2, 0.25) is 17.7 Å². The molecule has 2 saturated carbocycles. The fourth-order valence-electron chi connectivity index (χ4n) is 14.9. The average Bonchev–Trinajstić information content (AvgIpc) is 3.93. The average molecular weight is 983 g/mol. The Hall–Kier alpha value is -4.05. The Morgan fingerprint density at radius 1 is 0.667 bits per heavy atom. The number of anilines is 3. The zero-order chi connectivity index (χ0) is 50.7. The van der Waals surface area contributed by atoms with E-state index in [0.717, 1.165) is 79.8 Å². The van der Waals surface area contributed by atoms with E-state index in [2.05, 4.69) is 121 Å². The van der Waals surface area contributed by atoms with E-state index in [-0.39, 0.29) is 35.4 Å². The summed E-state index contributed by atoms with van der Waals surface area (Å²) >= 11 is 0. The fourth-order valence-corrected chi connectivity index (χ4v) is 14.9. The van der Waals surface area contributed by atoms with Crippen molar-refractivity contribution in [2.75, 3.05) is 81.1 Å². The van der Waals surface area contributed by atoms with Crippen molar-refractivity contribution in [3.05, 3.63) is 89.5 Å². The van der Waals surface area contributed by atoms with Crippen molar-refractivity contribution in [1.29, 1.82) is 0 Å². The number of carbonyl (C=O) groups is 3. The van der Waals surface area contributed by atoms with Crippen LogP contribution in [0.1, 0.15) is 175 Å². The molecular weight excluding hydrogens is 889 g/mol. The van der Waals surface area contributed by atoms with E-state index in [9.17, 15) is 14.4 Å². The first-order valence-corrected chi connectivity index (χ1v) is 28.9. The van der Waals surface area contributed by atoms with Gasteiger partial charge in [-0.05, 0) is 212 Å². The molecule has 3 aromatic rings. The van der Waals surface area contributed by atoms with Gasteiger partial charge >= 0.3 is 0 Å². The highest BCUT2D eigenvalue weighted by atomic mass is 16.2. The maximum atomic E-state index is 12.5. The molecule has 0 radical (unpaired) electrons. The second-order valence-corrected chi connectivity index (χ2v) is 25.7. The highest BCUT2D eigenvalue weighted by Crippen LogP contribution is 2.51. The molecule has 0 aromatic heterocycles. The van der Waals surface area contributed by atoms with Crippen molar-refractivity contribution in [2.45, 2.75) is 179 Å². The molecule has 2 aliphatic carbocycles. The maximum absolute atomic E-state index is 12.5. The zero-order valence-electron chi connectivity index (χ0n) is 45.8. The Labute approximate surface area is 436 Å². The molecule has 6 heterocycles. The number of likely N-dealkylation sites (tertiary alicyclic amines) is 3. The van der Waals surface area contributed by atoms with E-state index in [0.29, 0.717) is 18.3 Å². The van der Waals surface area contributed by atoms with Gasteiger partial charge in [0, 0.05) is 68.7 Å². The third kappa shape index (κ3) is 11.7. The van der Waals surface area contributed by atoms with Crippen LogP contribution in [0.3, 0.4) is 0 Å². The molecule has 8 aliphatic rings. The van der Waals surface area contributed by atoms with Gasteiger partial charge in [0.25, 0.3) is 0 Å². The van der Waals surface area contributed by atoms with Crippen LogP contribution >= 0.6 is 0 Å². The predicted molar refractivity (Wildman–Crippen MR) is 299 cm³/mol. The lowest BCUT2D eigenvalue weighted by Crippen LogP contribution is -2.48. The van der Waals surface area contributed by atoms with Crippen LogP contribution in [0, 0.1) is 23.2 Å². The van der Waals surface area contributed by atoms with Gasteiger partial charge in [-0.15, -0.1) is 0 Å². The minimum absolute atomic E-state index is 0. The SMILES string of the molecule is CC(=O)N1CCCC2(CCN(CCC(C)C)CC2)c2ccccc21.CC(C)(C)CCN1CCC2(CCC(=O)Nc3ccccc32)CC1.CN1C(=O)CCC2(CCN(C3C[C@@H]4CC[C@@H]3C4)CC2)c2ccccc21.[HH]. The molecule has 9 heteroatoms. The molecule has 1 unspecified atom stereocenters. The number of carbonyl (C=O) groups excluding carboxylic acids is 3. The highest BCUT2D eigenvalue weighted by Gasteiger charge is 2.47. The van der Waals surface area contributed by atoms with E-state index in [1.54, 1.807) is 6.92 Å². The number of benzene rings is 3. The van der Waals surface area contributed by atoms with Crippen molar-refractivity contribution < 1.29 is 15.8 Å². The van der Waals surface area contributed by atoms with E-state index in [1.165, 1.54) is 139 Å². The Kier molecular flexibility index (Phi) is 16.4. The molecule has 1 N–H and O–H groups in total. The van der Waals surface area contributed by atoms with Gasteiger partial charge in [-0.1, -0.05) is 95.6 Å². The second kappa shape index (κ2) is 22.4. The van der Waals surface area contributed by atoms with E-state index in [1.807, 2.05) is 22.9 Å². The predicted octanol–water partition coefficient (Wildman–Crippen LogP) is 12.6. The van der Waals surface area contributed by atoms with E-state index in [4.69, 9.17) is 0 Å². The number of rotatable bonds is 6. The second-order valence-electron chi connectivity index (χ2n) is 25.7. The topological polar surface area (TPSA) is 79.4 Å². The fraction of sp³-hybridized carbons (Fsp3) is 0.667. The van der Waals surface area contributed by atoms with Crippen LogP contribution in [0.2, 0.25) is 0 Å². The molecule has 3 spiro atoms. The van der Waals surface area contributed by atoms with Crippen molar-refractivity contribution >= 4 is 34.8 Å². The van der Waals surface area contributed by atoms with E-state index >= 15 is 0 Å². The Balaban J connectivity index is 0.000000145. The maximum Gasteiger partial charge on any atom is 0.226 e. The van der Waals surface area contributed by atoms with Crippen LogP contribution in [-0.4, -0.2) is 104 Å². The first-order chi connectivity index (χ1) is 34.6. The summed E-state index contributed by atoms with van der Waals surface area (Å²) in [6.45, 7) is 23.7. The van der Waals surface area contributed by atoms with Gasteiger partial charge < -0.3 is 29.8 Å². The van der Waals surface area contributed by atoms with Gasteiger partial charge in [-0.25, -0.2) is 0 Å². The van der Waals surface area contributed by atoms with Gasteiger partial charge in [-0.2, -0.15) is 0 Å². The van der Waals surface area contributed by atoms with Crippen molar-refractivity contribution in [3.8, 4) is 0 Å². The normalized spacial score (nSPS) is 25.8. The molecule has 72 heavy (non-hydrogen) atoms. The number of para-hydroxylation sites is 3. The molecule has 394 valence electrons. The summed E-state index contributed by atoms with van der Waals surface area (Å²) < 4.78 is 0. The zero-order valence-corrected chi connectivity index (χ0v) is 45.8. The summed E-state index contributed by atoms with van der Waals surface area (Å²) in [4.78, 5) is 48.6. The van der Waals surface area contributed by atoms with E-state index < -0.39 is 0 Å². The number of piperidine rings is 3. The third-order valence-corrected chi connectivity index (χ3v) is 19.6. The number of hydrogen-bond acceptors (Lipinski definition) is 6. The van der Waals surface area contributed by atoms with Crippen LogP contribution in [0.5, 0.6) is 0 Å². The third-order valence-electron chi connectivity index (χ3n) is 19.6. The lowest BCUT2D eigenvalue weighted by atomic mass is 9.69. The molecule has 2 bridgehead atoms. The van der Waals surface area contributed by atoms with Crippen LogP contribution in [-0.2, 0) is 30.6 Å². The lowest BCUT2D eigenvalue weighted by Gasteiger charge is -2.46. The number of nitrogens with one attached hydrogen (secondary N) is 1. The molecule has 6 aliphatic heterocycles. The summed E-state index contributed by atoms with van der Waals surface area (Å²) in [5.74, 6) is 3.41. The Morgan fingerprint density at radius 3 is 1.83 bits per heavy atom. The van der Waals surface area contributed by atoms with Crippen LogP contribution in [0.4, 0.5) is 17.1 Å². The first kappa shape index (κ1) is 52.8. The standard InChI is InChI=1S/C22H30N2O.C21H32N2O.C20H30N2O.H2/c1-23-19-5-3-2-4-18(19)22(9-8-21(23)25)10-12-24(13-11-22)20-15-16-6-7-17(20)14-16;1-17(2)9-14-22-15-11-21(12-16-22)10-6-13-23(18(3)24)20-8-5-4-7-19(20)21;1-19(2,3)10-13-22-14-11-20(12-15-22)9-8-18(23)21-17-7-5-4-6-16(17)20;/h2-5,16-17,20H,6-15H2,1H3;4-5,7-8,17H,6,9-16H2,1-3H3;4-7H,8-15H2,1-3H3,(H,21,23);1H/t16-,17-,20?;;;/m1.../s1. The summed E-state index contributed by atoms with van der Waals surface area (Å²) in [5.41, 5.74) is 8.64. The Bertz CT molecular complexity index is 2340. The number of hydrogen-bond donors (Lipinski definition) is 1. The number of fused-ring (bicyclic) bond motifs is 8. The van der Waals surface area contributed by atoms with Crippen molar-refractivity contribution in [3.63, 3.8) is 0 Å². The summed E-state index contributed by atoms with van der Waals surface area (Å²) in [6, 6.07) is 26.6. The van der Waals surface area contributed by atoms with Crippen LogP contribution in [0.15, 0.2) is 72.8 Å². The number of amides is 3. The molecule has 5 fully saturated rings. The Morgan fingerprint density at radius 2 is 1.22 bits per heavy atom. The van der Waals surface area contributed by atoms with Gasteiger partial charge in [0.05, 0.1) is 0 Å². The summed E-state index contributed by atoms with van der Waals surface area (Å²) in [6.07, 6.45) is 21.4. The van der Waals surface area contributed by atoms with Crippen LogP contribution in [0.25, 0.3) is 0 Å². The molecule has 3 atom stereocenters. The minimum Gasteiger partial charge on any atom is -0.326 e. The largest absolute Gasteiger partial charge is 0.326 e.